The van der Waals surface area contributed by atoms with Gasteiger partial charge in [-0.2, -0.15) is 0 Å². The molecule has 0 aromatic rings. The average molecular weight is 199 g/mol. The van der Waals surface area contributed by atoms with Gasteiger partial charge in [0, 0.05) is 25.2 Å². The maximum absolute atomic E-state index is 11.7. The van der Waals surface area contributed by atoms with Crippen LogP contribution in [0.1, 0.15) is 39.5 Å². The highest BCUT2D eigenvalue weighted by Crippen LogP contribution is 2.11. The molecule has 1 aliphatic rings. The molecule has 0 radical (unpaired) electrons. The van der Waals surface area contributed by atoms with E-state index in [0.717, 1.165) is 38.9 Å². The van der Waals surface area contributed by atoms with Crippen molar-refractivity contribution in [2.75, 3.05) is 13.2 Å². The van der Waals surface area contributed by atoms with Gasteiger partial charge in [0.15, 0.2) is 0 Å². The summed E-state index contributed by atoms with van der Waals surface area (Å²) in [5, 5.41) is 3.10. The third-order valence-electron chi connectivity index (χ3n) is 2.92. The molecular weight excluding hydrogens is 178 g/mol. The first-order valence-electron chi connectivity index (χ1n) is 5.66. The molecule has 0 unspecified atom stereocenters. The molecule has 0 saturated carbocycles. The summed E-state index contributed by atoms with van der Waals surface area (Å²) < 4.78 is 5.24. The van der Waals surface area contributed by atoms with E-state index in [1.54, 1.807) is 0 Å². The first-order chi connectivity index (χ1) is 6.77. The van der Waals surface area contributed by atoms with Crippen LogP contribution < -0.4 is 5.32 Å². The van der Waals surface area contributed by atoms with Gasteiger partial charge in [-0.05, 0) is 25.7 Å². The van der Waals surface area contributed by atoms with Crippen LogP contribution in [0.5, 0.6) is 0 Å². The van der Waals surface area contributed by atoms with E-state index in [2.05, 4.69) is 19.2 Å². The topological polar surface area (TPSA) is 38.3 Å². The van der Waals surface area contributed by atoms with Crippen LogP contribution in [0.15, 0.2) is 0 Å². The minimum absolute atomic E-state index is 0.192. The van der Waals surface area contributed by atoms with Crippen LogP contribution in [0.25, 0.3) is 0 Å². The maximum atomic E-state index is 11.7. The molecule has 3 nitrogen and oxygen atoms in total. The third-order valence-corrected chi connectivity index (χ3v) is 2.92. The van der Waals surface area contributed by atoms with Crippen molar-refractivity contribution in [3.05, 3.63) is 0 Å². The van der Waals surface area contributed by atoms with Crippen LogP contribution in [-0.4, -0.2) is 25.2 Å². The Labute approximate surface area is 86.2 Å². The lowest BCUT2D eigenvalue weighted by Gasteiger charge is -2.25. The Kier molecular flexibility index (Phi) is 4.94. The van der Waals surface area contributed by atoms with E-state index in [-0.39, 0.29) is 11.8 Å². The molecule has 0 atom stereocenters. The summed E-state index contributed by atoms with van der Waals surface area (Å²) in [5.74, 6) is 0.416. The highest BCUT2D eigenvalue weighted by atomic mass is 16.5. The zero-order chi connectivity index (χ0) is 10.4. The second-order valence-electron chi connectivity index (χ2n) is 3.91. The predicted octanol–water partition coefficient (Wildman–Crippen LogP) is 1.72. The lowest BCUT2D eigenvalue weighted by atomic mass is 10.0. The Morgan fingerprint density at radius 2 is 1.93 bits per heavy atom. The lowest BCUT2D eigenvalue weighted by Crippen LogP contribution is -2.41. The highest BCUT2D eigenvalue weighted by Gasteiger charge is 2.20. The van der Waals surface area contributed by atoms with Gasteiger partial charge in [-0.3, -0.25) is 4.79 Å². The van der Waals surface area contributed by atoms with Crippen molar-refractivity contribution < 1.29 is 9.53 Å². The molecule has 0 aromatic heterocycles. The van der Waals surface area contributed by atoms with Crippen molar-refractivity contribution in [1.82, 2.24) is 5.32 Å². The van der Waals surface area contributed by atoms with Gasteiger partial charge in [0.25, 0.3) is 0 Å². The summed E-state index contributed by atoms with van der Waals surface area (Å²) in [6.07, 6.45) is 3.80. The fraction of sp³-hybridized carbons (Fsp3) is 0.909. The standard InChI is InChI=1S/C11H21NO2/c1-3-9(4-2)11(13)12-10-5-7-14-8-6-10/h9-10H,3-8H2,1-2H3,(H,12,13). The Bertz CT molecular complexity index is 172. The van der Waals surface area contributed by atoms with Crippen LogP contribution in [0.4, 0.5) is 0 Å². The van der Waals surface area contributed by atoms with Crippen molar-refractivity contribution in [2.45, 2.75) is 45.6 Å². The van der Waals surface area contributed by atoms with Gasteiger partial charge in [-0.15, -0.1) is 0 Å². The summed E-state index contributed by atoms with van der Waals surface area (Å²) in [5.41, 5.74) is 0. The summed E-state index contributed by atoms with van der Waals surface area (Å²) in [6.45, 7) is 5.71. The molecular formula is C11H21NO2. The molecule has 1 N–H and O–H groups in total. The molecule has 1 amide bonds. The largest absolute Gasteiger partial charge is 0.381 e. The molecule has 1 rings (SSSR count). The van der Waals surface area contributed by atoms with E-state index >= 15 is 0 Å². The number of nitrogens with one attached hydrogen (secondary N) is 1. The number of hydrogen-bond donors (Lipinski definition) is 1. The maximum Gasteiger partial charge on any atom is 0.223 e. The summed E-state index contributed by atoms with van der Waals surface area (Å²) in [7, 11) is 0. The molecule has 1 fully saturated rings. The van der Waals surface area contributed by atoms with Crippen molar-refractivity contribution in [2.24, 2.45) is 5.92 Å². The minimum atomic E-state index is 0.192. The Morgan fingerprint density at radius 1 is 1.36 bits per heavy atom. The molecule has 0 aromatic carbocycles. The Hall–Kier alpha value is -0.570. The first-order valence-corrected chi connectivity index (χ1v) is 5.66. The van der Waals surface area contributed by atoms with Crippen LogP contribution in [0.3, 0.4) is 0 Å². The fourth-order valence-corrected chi connectivity index (χ4v) is 1.82. The van der Waals surface area contributed by atoms with E-state index in [4.69, 9.17) is 4.74 Å². The van der Waals surface area contributed by atoms with Crippen LogP contribution in [-0.2, 0) is 9.53 Å². The van der Waals surface area contributed by atoms with Gasteiger partial charge in [-0.1, -0.05) is 13.8 Å². The van der Waals surface area contributed by atoms with Crippen LogP contribution in [0.2, 0.25) is 0 Å². The van der Waals surface area contributed by atoms with Crippen LogP contribution >= 0.6 is 0 Å². The van der Waals surface area contributed by atoms with Crippen molar-refractivity contribution in [3.63, 3.8) is 0 Å². The molecule has 14 heavy (non-hydrogen) atoms. The van der Waals surface area contributed by atoms with Crippen molar-refractivity contribution in [3.8, 4) is 0 Å². The monoisotopic (exact) mass is 199 g/mol. The van der Waals surface area contributed by atoms with Gasteiger partial charge in [-0.25, -0.2) is 0 Å². The van der Waals surface area contributed by atoms with E-state index in [9.17, 15) is 4.79 Å². The Balaban J connectivity index is 2.30. The van der Waals surface area contributed by atoms with Crippen LogP contribution in [0, 0.1) is 5.92 Å². The molecule has 3 heteroatoms. The Morgan fingerprint density at radius 3 is 2.43 bits per heavy atom. The summed E-state index contributed by atoms with van der Waals surface area (Å²) in [4.78, 5) is 11.7. The van der Waals surface area contributed by atoms with E-state index < -0.39 is 0 Å². The SMILES string of the molecule is CCC(CC)C(=O)NC1CCOCC1. The van der Waals surface area contributed by atoms with Crippen molar-refractivity contribution in [1.29, 1.82) is 0 Å². The minimum Gasteiger partial charge on any atom is -0.381 e. The first kappa shape index (κ1) is 11.5. The van der Waals surface area contributed by atoms with Gasteiger partial charge in [0.2, 0.25) is 5.91 Å². The quantitative estimate of drug-likeness (QED) is 0.748. The average Bonchev–Trinajstić information content (AvgIpc) is 2.21. The lowest BCUT2D eigenvalue weighted by molar-refractivity contribution is -0.126. The number of rotatable bonds is 4. The number of hydrogen-bond acceptors (Lipinski definition) is 2. The fourth-order valence-electron chi connectivity index (χ4n) is 1.82. The molecule has 82 valence electrons. The number of carbonyl (C=O) groups is 1. The van der Waals surface area contributed by atoms with E-state index in [0.29, 0.717) is 6.04 Å². The zero-order valence-corrected chi connectivity index (χ0v) is 9.21. The van der Waals surface area contributed by atoms with E-state index in [1.165, 1.54) is 0 Å². The number of amides is 1. The zero-order valence-electron chi connectivity index (χ0n) is 9.21. The molecule has 0 bridgehead atoms. The molecule has 1 saturated heterocycles. The second-order valence-corrected chi connectivity index (χ2v) is 3.91. The predicted molar refractivity (Wildman–Crippen MR) is 56.1 cm³/mol. The number of ether oxygens (including phenoxy) is 1. The molecule has 1 aliphatic heterocycles. The van der Waals surface area contributed by atoms with Crippen molar-refractivity contribution >= 4 is 5.91 Å². The molecule has 1 heterocycles. The number of carbonyl (C=O) groups excluding carboxylic acids is 1. The normalized spacial score (nSPS) is 18.5. The van der Waals surface area contributed by atoms with Gasteiger partial charge >= 0.3 is 0 Å². The summed E-state index contributed by atoms with van der Waals surface area (Å²) >= 11 is 0. The van der Waals surface area contributed by atoms with E-state index in [1.807, 2.05) is 0 Å². The highest BCUT2D eigenvalue weighted by molar-refractivity contribution is 5.78. The second kappa shape index (κ2) is 6.02. The smallest absolute Gasteiger partial charge is 0.223 e. The van der Waals surface area contributed by atoms with Gasteiger partial charge < -0.3 is 10.1 Å². The van der Waals surface area contributed by atoms with Gasteiger partial charge in [0.1, 0.15) is 0 Å². The third kappa shape index (κ3) is 3.29. The molecule has 0 aliphatic carbocycles. The van der Waals surface area contributed by atoms with Gasteiger partial charge in [0.05, 0.1) is 0 Å². The summed E-state index contributed by atoms with van der Waals surface area (Å²) in [6, 6.07) is 0.344. The molecule has 0 spiro atoms.